The number of anilines is 1. The van der Waals surface area contributed by atoms with Crippen molar-refractivity contribution in [3.8, 4) is 5.75 Å². The zero-order valence-corrected chi connectivity index (χ0v) is 19.8. The van der Waals surface area contributed by atoms with Gasteiger partial charge < -0.3 is 14.6 Å². The molecule has 1 heterocycles. The maximum Gasteiger partial charge on any atom is 0.234 e. The molecule has 1 unspecified atom stereocenters. The van der Waals surface area contributed by atoms with Gasteiger partial charge in [0.15, 0.2) is 17.1 Å². The Labute approximate surface area is 188 Å². The Kier molecular flexibility index (Phi) is 7.38. The number of aromatic nitrogens is 3. The normalized spacial score (nSPS) is 11.9. The van der Waals surface area contributed by atoms with Crippen molar-refractivity contribution in [1.29, 1.82) is 0 Å². The molecule has 31 heavy (non-hydrogen) atoms. The number of benzene rings is 2. The highest BCUT2D eigenvalue weighted by molar-refractivity contribution is 7.99. The second kappa shape index (κ2) is 10.0. The first kappa shape index (κ1) is 22.9. The third-order valence-electron chi connectivity index (χ3n) is 5.29. The van der Waals surface area contributed by atoms with Gasteiger partial charge in [0.05, 0.1) is 5.75 Å². The van der Waals surface area contributed by atoms with Crippen molar-refractivity contribution in [2.75, 3.05) is 11.1 Å². The maximum atomic E-state index is 12.5. The molecule has 1 N–H and O–H groups in total. The quantitative estimate of drug-likeness (QED) is 0.477. The fourth-order valence-electron chi connectivity index (χ4n) is 3.37. The Morgan fingerprint density at radius 1 is 1.06 bits per heavy atom. The van der Waals surface area contributed by atoms with E-state index in [-0.39, 0.29) is 17.8 Å². The zero-order chi connectivity index (χ0) is 22.5. The number of hydrogen-bond acceptors (Lipinski definition) is 5. The number of ether oxygens (including phenoxy) is 1. The van der Waals surface area contributed by atoms with Gasteiger partial charge in [-0.2, -0.15) is 0 Å². The highest BCUT2D eigenvalue weighted by Crippen LogP contribution is 2.26. The number of aryl methyl sites for hydroxylation is 4. The summed E-state index contributed by atoms with van der Waals surface area (Å²) in [4.78, 5) is 12.5. The zero-order valence-electron chi connectivity index (χ0n) is 19.0. The van der Waals surface area contributed by atoms with Crippen molar-refractivity contribution >= 4 is 23.4 Å². The molecule has 2 aromatic carbocycles. The van der Waals surface area contributed by atoms with E-state index in [1.165, 1.54) is 22.9 Å². The van der Waals surface area contributed by atoms with E-state index in [2.05, 4.69) is 35.4 Å². The number of thioether (sulfide) groups is 1. The molecule has 6 nitrogen and oxygen atoms in total. The Hall–Kier alpha value is -2.80. The molecule has 7 heteroatoms. The topological polar surface area (TPSA) is 69.0 Å². The summed E-state index contributed by atoms with van der Waals surface area (Å²) in [7, 11) is 0. The van der Waals surface area contributed by atoms with Crippen LogP contribution < -0.4 is 10.1 Å². The smallest absolute Gasteiger partial charge is 0.234 e. The van der Waals surface area contributed by atoms with E-state index >= 15 is 0 Å². The van der Waals surface area contributed by atoms with Crippen LogP contribution in [0.2, 0.25) is 0 Å². The number of nitrogens with one attached hydrogen (secondary N) is 1. The van der Waals surface area contributed by atoms with Crippen molar-refractivity contribution in [2.24, 2.45) is 0 Å². The van der Waals surface area contributed by atoms with E-state index in [0.717, 1.165) is 28.4 Å². The number of amides is 1. The molecular formula is C24H30N4O2S. The molecule has 3 aromatic rings. The molecule has 1 aromatic heterocycles. The molecule has 0 aliphatic heterocycles. The lowest BCUT2D eigenvalue weighted by Gasteiger charge is -2.16. The molecule has 164 valence electrons. The van der Waals surface area contributed by atoms with Gasteiger partial charge >= 0.3 is 0 Å². The van der Waals surface area contributed by atoms with Crippen LogP contribution in [0.25, 0.3) is 0 Å². The van der Waals surface area contributed by atoms with Gasteiger partial charge in [-0.15, -0.1) is 10.2 Å². The maximum absolute atomic E-state index is 12.5. The molecule has 0 aliphatic carbocycles. The van der Waals surface area contributed by atoms with Crippen molar-refractivity contribution in [3.63, 3.8) is 0 Å². The van der Waals surface area contributed by atoms with Gasteiger partial charge in [-0.05, 0) is 75.9 Å². The van der Waals surface area contributed by atoms with Crippen LogP contribution in [-0.2, 0) is 11.3 Å². The van der Waals surface area contributed by atoms with Crippen LogP contribution in [0.3, 0.4) is 0 Å². The molecule has 0 spiro atoms. The van der Waals surface area contributed by atoms with Gasteiger partial charge in [-0.25, -0.2) is 0 Å². The van der Waals surface area contributed by atoms with Crippen LogP contribution in [0.15, 0.2) is 41.6 Å². The van der Waals surface area contributed by atoms with E-state index in [1.807, 2.05) is 62.6 Å². The third-order valence-corrected chi connectivity index (χ3v) is 6.26. The lowest BCUT2D eigenvalue weighted by molar-refractivity contribution is -0.113. The van der Waals surface area contributed by atoms with E-state index in [0.29, 0.717) is 11.7 Å². The second-order valence-electron chi connectivity index (χ2n) is 7.69. The first-order valence-electron chi connectivity index (χ1n) is 10.5. The van der Waals surface area contributed by atoms with Gasteiger partial charge in [-0.1, -0.05) is 36.0 Å². The van der Waals surface area contributed by atoms with Crippen LogP contribution in [0, 0.1) is 27.7 Å². The first-order chi connectivity index (χ1) is 14.8. The molecule has 0 aliphatic rings. The van der Waals surface area contributed by atoms with Crippen LogP contribution in [0.5, 0.6) is 5.75 Å². The number of rotatable bonds is 8. The summed E-state index contributed by atoms with van der Waals surface area (Å²) in [6.45, 7) is 12.8. The molecular weight excluding hydrogens is 408 g/mol. The fraction of sp³-hybridized carbons (Fsp3) is 0.375. The van der Waals surface area contributed by atoms with Crippen LogP contribution in [-0.4, -0.2) is 26.4 Å². The highest BCUT2D eigenvalue weighted by Gasteiger charge is 2.20. The first-order valence-corrected chi connectivity index (χ1v) is 11.4. The number of nitrogens with zero attached hydrogens (tertiary/aromatic N) is 3. The van der Waals surface area contributed by atoms with Gasteiger partial charge in [0.1, 0.15) is 5.75 Å². The largest absolute Gasteiger partial charge is 0.483 e. The minimum absolute atomic E-state index is 0.0611. The van der Waals surface area contributed by atoms with E-state index in [1.54, 1.807) is 0 Å². The van der Waals surface area contributed by atoms with E-state index in [9.17, 15) is 4.79 Å². The Morgan fingerprint density at radius 2 is 1.77 bits per heavy atom. The molecule has 3 rings (SSSR count). The Bertz CT molecular complexity index is 1060. The predicted octanol–water partition coefficient (Wildman–Crippen LogP) is 5.40. The minimum atomic E-state index is -0.257. The van der Waals surface area contributed by atoms with E-state index < -0.39 is 0 Å². The summed E-state index contributed by atoms with van der Waals surface area (Å²) in [6.07, 6.45) is -0.257. The average molecular weight is 439 g/mol. The van der Waals surface area contributed by atoms with Crippen molar-refractivity contribution in [3.05, 3.63) is 64.5 Å². The Balaban J connectivity index is 1.66. The summed E-state index contributed by atoms with van der Waals surface area (Å²) in [5.41, 5.74) is 5.40. The highest BCUT2D eigenvalue weighted by atomic mass is 32.2. The van der Waals surface area contributed by atoms with Crippen molar-refractivity contribution in [1.82, 2.24) is 14.8 Å². The lowest BCUT2D eigenvalue weighted by Crippen LogP contribution is -2.16. The van der Waals surface area contributed by atoms with Crippen LogP contribution in [0.1, 0.15) is 48.0 Å². The standard InChI is InChI=1S/C24H30N4O2S/c1-7-28-23(19(6)30-20-12-11-15(2)18(5)13-20)26-27-24(28)31-14-21(29)25-22-16(3)9-8-10-17(22)4/h8-13,19H,7,14H2,1-6H3,(H,25,29). The number of hydrogen-bond donors (Lipinski definition) is 1. The van der Waals surface area contributed by atoms with Crippen molar-refractivity contribution in [2.45, 2.75) is 59.3 Å². The number of carbonyl (C=O) groups is 1. The molecule has 0 saturated carbocycles. The summed E-state index contributed by atoms with van der Waals surface area (Å²) >= 11 is 1.38. The van der Waals surface area contributed by atoms with Crippen LogP contribution in [0.4, 0.5) is 5.69 Å². The van der Waals surface area contributed by atoms with Gasteiger partial charge in [0.2, 0.25) is 5.91 Å². The average Bonchev–Trinajstić information content (AvgIpc) is 3.15. The van der Waals surface area contributed by atoms with E-state index in [4.69, 9.17) is 4.74 Å². The van der Waals surface area contributed by atoms with Crippen LogP contribution >= 0.6 is 11.8 Å². The minimum Gasteiger partial charge on any atom is -0.483 e. The SMILES string of the molecule is CCn1c(SCC(=O)Nc2c(C)cccc2C)nnc1C(C)Oc1ccc(C)c(C)c1. The third kappa shape index (κ3) is 5.47. The summed E-state index contributed by atoms with van der Waals surface area (Å²) in [5.74, 6) is 1.76. The van der Waals surface area contributed by atoms with Gasteiger partial charge in [0.25, 0.3) is 0 Å². The van der Waals surface area contributed by atoms with Gasteiger partial charge in [-0.3, -0.25) is 4.79 Å². The molecule has 0 saturated heterocycles. The second-order valence-corrected chi connectivity index (χ2v) is 8.64. The predicted molar refractivity (Wildman–Crippen MR) is 126 cm³/mol. The molecule has 0 radical (unpaired) electrons. The molecule has 1 amide bonds. The summed E-state index contributed by atoms with van der Waals surface area (Å²) < 4.78 is 8.11. The summed E-state index contributed by atoms with van der Waals surface area (Å²) in [6, 6.07) is 12.0. The summed E-state index contributed by atoms with van der Waals surface area (Å²) in [5, 5.41) is 12.4. The molecule has 0 fully saturated rings. The molecule has 0 bridgehead atoms. The monoisotopic (exact) mass is 438 g/mol. The number of para-hydroxylation sites is 1. The molecule has 1 atom stereocenters. The lowest BCUT2D eigenvalue weighted by atomic mass is 10.1. The number of carbonyl (C=O) groups excluding carboxylic acids is 1. The Morgan fingerprint density at radius 3 is 2.42 bits per heavy atom. The van der Waals surface area contributed by atoms with Gasteiger partial charge in [0, 0.05) is 12.2 Å². The van der Waals surface area contributed by atoms with Crippen molar-refractivity contribution < 1.29 is 9.53 Å². The fourth-order valence-corrected chi connectivity index (χ4v) is 4.18.